The average molecular weight is 277 g/mol. The first kappa shape index (κ1) is 14.5. The first-order valence-corrected chi connectivity index (χ1v) is 6.71. The van der Waals surface area contributed by atoms with Gasteiger partial charge in [-0.25, -0.2) is 0 Å². The molecule has 1 fully saturated rings. The molecule has 0 unspecified atom stereocenters. The quantitative estimate of drug-likeness (QED) is 0.889. The number of hydrogen-bond acceptors (Lipinski definition) is 3. The van der Waals surface area contributed by atoms with Crippen LogP contribution in [0.5, 0.6) is 0 Å². The van der Waals surface area contributed by atoms with E-state index in [1.54, 1.807) is 12.0 Å². The summed E-state index contributed by atoms with van der Waals surface area (Å²) in [4.78, 5) is 25.3. The lowest BCUT2D eigenvalue weighted by molar-refractivity contribution is -0.152. The number of carboxylic acid groups (broad SMARTS) is 1. The van der Waals surface area contributed by atoms with Gasteiger partial charge in [0.1, 0.15) is 0 Å². The SMILES string of the molecule is COCCN1C(=O)CC[C@@H](C(=O)O)[C@@H]1c1ccccc1. The molecule has 2 rings (SSSR count). The van der Waals surface area contributed by atoms with Crippen molar-refractivity contribution in [1.29, 1.82) is 0 Å². The second kappa shape index (κ2) is 6.52. The predicted octanol–water partition coefficient (Wildman–Crippen LogP) is 1.70. The van der Waals surface area contributed by atoms with E-state index in [0.29, 0.717) is 19.6 Å². The second-order valence-corrected chi connectivity index (χ2v) is 4.92. The van der Waals surface area contributed by atoms with Gasteiger partial charge in [-0.2, -0.15) is 0 Å². The summed E-state index contributed by atoms with van der Waals surface area (Å²) in [5.41, 5.74) is 0.865. The van der Waals surface area contributed by atoms with E-state index in [1.165, 1.54) is 0 Å². The van der Waals surface area contributed by atoms with E-state index in [2.05, 4.69) is 0 Å². The van der Waals surface area contributed by atoms with Crippen molar-refractivity contribution in [1.82, 2.24) is 4.90 Å². The number of piperidine rings is 1. The molecule has 1 aliphatic rings. The Kier molecular flexibility index (Phi) is 4.74. The number of hydrogen-bond donors (Lipinski definition) is 1. The first-order valence-electron chi connectivity index (χ1n) is 6.71. The molecule has 0 radical (unpaired) electrons. The maximum atomic E-state index is 12.1. The van der Waals surface area contributed by atoms with Crippen LogP contribution < -0.4 is 0 Å². The highest BCUT2D eigenvalue weighted by atomic mass is 16.5. The summed E-state index contributed by atoms with van der Waals surface area (Å²) in [5.74, 6) is -1.42. The van der Waals surface area contributed by atoms with Gasteiger partial charge in [-0.3, -0.25) is 9.59 Å². The van der Waals surface area contributed by atoms with Crippen LogP contribution >= 0.6 is 0 Å². The summed E-state index contributed by atoms with van der Waals surface area (Å²) in [5, 5.41) is 9.43. The highest BCUT2D eigenvalue weighted by Crippen LogP contribution is 2.36. The summed E-state index contributed by atoms with van der Waals surface area (Å²) in [6.45, 7) is 0.820. The van der Waals surface area contributed by atoms with Crippen molar-refractivity contribution in [2.75, 3.05) is 20.3 Å². The number of nitrogens with zero attached hydrogens (tertiary/aromatic N) is 1. The molecule has 1 heterocycles. The van der Waals surface area contributed by atoms with E-state index in [1.807, 2.05) is 30.3 Å². The Morgan fingerprint density at radius 1 is 1.40 bits per heavy atom. The standard InChI is InChI=1S/C15H19NO4/c1-20-10-9-16-13(17)8-7-12(15(18)19)14(16)11-5-3-2-4-6-11/h2-6,12,14H,7-10H2,1H3,(H,18,19)/t12-,14+/m1/s1. The fourth-order valence-corrected chi connectivity index (χ4v) is 2.73. The largest absolute Gasteiger partial charge is 0.481 e. The van der Waals surface area contributed by atoms with Crippen LogP contribution in [0.1, 0.15) is 24.4 Å². The van der Waals surface area contributed by atoms with E-state index in [0.717, 1.165) is 5.56 Å². The van der Waals surface area contributed by atoms with Gasteiger partial charge in [0.05, 0.1) is 18.6 Å². The van der Waals surface area contributed by atoms with E-state index in [-0.39, 0.29) is 12.3 Å². The van der Waals surface area contributed by atoms with Crippen molar-refractivity contribution in [3.05, 3.63) is 35.9 Å². The van der Waals surface area contributed by atoms with Gasteiger partial charge in [-0.1, -0.05) is 30.3 Å². The third-order valence-corrected chi connectivity index (χ3v) is 3.70. The smallest absolute Gasteiger partial charge is 0.308 e. The molecule has 1 amide bonds. The number of amides is 1. The number of carbonyl (C=O) groups is 2. The van der Waals surface area contributed by atoms with Crippen LogP contribution in [-0.2, 0) is 14.3 Å². The molecule has 1 N–H and O–H groups in total. The van der Waals surface area contributed by atoms with Gasteiger partial charge in [-0.15, -0.1) is 0 Å². The molecule has 1 aromatic carbocycles. The summed E-state index contributed by atoms with van der Waals surface area (Å²) < 4.78 is 5.03. The minimum absolute atomic E-state index is 0.00611. The molecule has 1 aliphatic heterocycles. The molecule has 0 aliphatic carbocycles. The predicted molar refractivity (Wildman–Crippen MR) is 73.1 cm³/mol. The number of carbonyl (C=O) groups excluding carboxylic acids is 1. The van der Waals surface area contributed by atoms with Crippen molar-refractivity contribution in [3.63, 3.8) is 0 Å². The Morgan fingerprint density at radius 3 is 2.70 bits per heavy atom. The summed E-state index contributed by atoms with van der Waals surface area (Å²) in [6.07, 6.45) is 0.668. The maximum Gasteiger partial charge on any atom is 0.308 e. The summed E-state index contributed by atoms with van der Waals surface area (Å²) >= 11 is 0. The third-order valence-electron chi connectivity index (χ3n) is 3.70. The zero-order valence-electron chi connectivity index (χ0n) is 11.5. The summed E-state index contributed by atoms with van der Waals surface area (Å²) in [7, 11) is 1.57. The highest BCUT2D eigenvalue weighted by molar-refractivity contribution is 5.81. The van der Waals surface area contributed by atoms with Gasteiger partial charge in [0, 0.05) is 20.1 Å². The number of carboxylic acids is 1. The van der Waals surface area contributed by atoms with Crippen LogP contribution in [-0.4, -0.2) is 42.1 Å². The van der Waals surface area contributed by atoms with Crippen LogP contribution in [0.2, 0.25) is 0 Å². The normalized spacial score (nSPS) is 22.9. The Hall–Kier alpha value is -1.88. The molecule has 1 aromatic rings. The van der Waals surface area contributed by atoms with Crippen LogP contribution in [0.4, 0.5) is 0 Å². The Labute approximate surface area is 118 Å². The molecule has 1 saturated heterocycles. The molecule has 108 valence electrons. The van der Waals surface area contributed by atoms with Crippen molar-refractivity contribution in [2.45, 2.75) is 18.9 Å². The fourth-order valence-electron chi connectivity index (χ4n) is 2.73. The number of likely N-dealkylation sites (tertiary alicyclic amines) is 1. The minimum Gasteiger partial charge on any atom is -0.481 e. The Balaban J connectivity index is 2.33. The van der Waals surface area contributed by atoms with E-state index < -0.39 is 17.9 Å². The molecule has 0 bridgehead atoms. The molecule has 0 saturated carbocycles. The maximum absolute atomic E-state index is 12.1. The number of rotatable bonds is 5. The second-order valence-electron chi connectivity index (χ2n) is 4.92. The summed E-state index contributed by atoms with van der Waals surface area (Å²) in [6, 6.07) is 8.94. The van der Waals surface area contributed by atoms with Gasteiger partial charge in [0.15, 0.2) is 0 Å². The van der Waals surface area contributed by atoms with E-state index in [4.69, 9.17) is 4.74 Å². The lowest BCUT2D eigenvalue weighted by Crippen LogP contribution is -2.46. The Bertz CT molecular complexity index is 474. The average Bonchev–Trinajstić information content (AvgIpc) is 2.46. The monoisotopic (exact) mass is 277 g/mol. The zero-order valence-corrected chi connectivity index (χ0v) is 11.5. The fraction of sp³-hybridized carbons (Fsp3) is 0.467. The van der Waals surface area contributed by atoms with Crippen molar-refractivity contribution in [2.24, 2.45) is 5.92 Å². The van der Waals surface area contributed by atoms with Crippen molar-refractivity contribution >= 4 is 11.9 Å². The van der Waals surface area contributed by atoms with Gasteiger partial charge in [-0.05, 0) is 12.0 Å². The highest BCUT2D eigenvalue weighted by Gasteiger charge is 2.40. The lowest BCUT2D eigenvalue weighted by Gasteiger charge is -2.39. The van der Waals surface area contributed by atoms with E-state index >= 15 is 0 Å². The van der Waals surface area contributed by atoms with Crippen molar-refractivity contribution in [3.8, 4) is 0 Å². The number of methoxy groups -OCH3 is 1. The topological polar surface area (TPSA) is 66.8 Å². The molecular formula is C15H19NO4. The number of benzene rings is 1. The number of aliphatic carboxylic acids is 1. The molecule has 0 spiro atoms. The Morgan fingerprint density at radius 2 is 2.10 bits per heavy atom. The molecule has 5 heteroatoms. The van der Waals surface area contributed by atoms with E-state index in [9.17, 15) is 14.7 Å². The van der Waals surface area contributed by atoms with Crippen molar-refractivity contribution < 1.29 is 19.4 Å². The van der Waals surface area contributed by atoms with Gasteiger partial charge < -0.3 is 14.7 Å². The van der Waals surface area contributed by atoms with Crippen LogP contribution in [0.25, 0.3) is 0 Å². The molecular weight excluding hydrogens is 258 g/mol. The van der Waals surface area contributed by atoms with Crippen LogP contribution in [0.15, 0.2) is 30.3 Å². The molecule has 2 atom stereocenters. The van der Waals surface area contributed by atoms with Crippen LogP contribution in [0, 0.1) is 5.92 Å². The molecule has 5 nitrogen and oxygen atoms in total. The van der Waals surface area contributed by atoms with Gasteiger partial charge in [0.25, 0.3) is 0 Å². The number of ether oxygens (including phenoxy) is 1. The minimum atomic E-state index is -0.853. The van der Waals surface area contributed by atoms with Gasteiger partial charge >= 0.3 is 5.97 Å². The molecule has 0 aromatic heterocycles. The lowest BCUT2D eigenvalue weighted by atomic mass is 9.84. The van der Waals surface area contributed by atoms with Crippen LogP contribution in [0.3, 0.4) is 0 Å². The first-order chi connectivity index (χ1) is 9.65. The third kappa shape index (κ3) is 2.99. The zero-order chi connectivity index (χ0) is 14.5. The molecule has 20 heavy (non-hydrogen) atoms. The van der Waals surface area contributed by atoms with Gasteiger partial charge in [0.2, 0.25) is 5.91 Å².